The Balaban J connectivity index is 2.18. The summed E-state index contributed by atoms with van der Waals surface area (Å²) < 4.78 is 5.88. The molecule has 1 aromatic heterocycles. The molecule has 0 aliphatic carbocycles. The number of hydrogen-bond donors (Lipinski definition) is 1. The molecule has 2 aromatic rings. The highest BCUT2D eigenvalue weighted by molar-refractivity contribution is 6.34. The maximum Gasteiger partial charge on any atom is 0.152 e. The molecule has 0 spiro atoms. The van der Waals surface area contributed by atoms with Crippen LogP contribution in [0.2, 0.25) is 5.02 Å². The van der Waals surface area contributed by atoms with Gasteiger partial charge in [0.15, 0.2) is 5.58 Å². The molecule has 2 nitrogen and oxygen atoms in total. The van der Waals surface area contributed by atoms with E-state index < -0.39 is 0 Å². The average molecular weight is 266 g/mol. The lowest BCUT2D eigenvalue weighted by molar-refractivity contribution is 0.434. The minimum absolute atomic E-state index is 0.391. The Morgan fingerprint density at radius 2 is 2.11 bits per heavy atom. The smallest absolute Gasteiger partial charge is 0.152 e. The fourth-order valence-electron chi connectivity index (χ4n) is 2.37. The normalized spacial score (nSPS) is 14.9. The summed E-state index contributed by atoms with van der Waals surface area (Å²) in [5, 5.41) is 5.19. The molecular weight excluding hydrogens is 246 g/mol. The minimum atomic E-state index is 0.391. The fourth-order valence-corrected chi connectivity index (χ4v) is 2.59. The van der Waals surface area contributed by atoms with Crippen molar-refractivity contribution in [3.05, 3.63) is 35.0 Å². The molecule has 3 heteroatoms. The van der Waals surface area contributed by atoms with Crippen LogP contribution in [0.25, 0.3) is 11.0 Å². The van der Waals surface area contributed by atoms with Gasteiger partial charge >= 0.3 is 0 Å². The summed E-state index contributed by atoms with van der Waals surface area (Å²) in [5.74, 6) is 1.41. The first kappa shape index (κ1) is 13.4. The summed E-state index contributed by atoms with van der Waals surface area (Å²) >= 11 is 6.12. The van der Waals surface area contributed by atoms with Gasteiger partial charge in [-0.15, -0.1) is 0 Å². The average Bonchev–Trinajstić information content (AvgIpc) is 2.74. The highest BCUT2D eigenvalue weighted by atomic mass is 35.5. The predicted molar refractivity (Wildman–Crippen MR) is 77.4 cm³/mol. The molecular formula is C15H20ClNO. The Labute approximate surface area is 113 Å². The second-order valence-corrected chi connectivity index (χ2v) is 5.31. The second-order valence-electron chi connectivity index (χ2n) is 4.90. The van der Waals surface area contributed by atoms with E-state index in [1.54, 1.807) is 0 Å². The SMILES string of the molecule is CCNC(C)CC(C)c1cc2cccc(Cl)c2o1. The first-order chi connectivity index (χ1) is 8.61. The van der Waals surface area contributed by atoms with Crippen LogP contribution in [0.1, 0.15) is 38.9 Å². The van der Waals surface area contributed by atoms with Crippen molar-refractivity contribution in [2.24, 2.45) is 0 Å². The van der Waals surface area contributed by atoms with E-state index >= 15 is 0 Å². The molecule has 0 fully saturated rings. The Bertz CT molecular complexity index is 520. The first-order valence-electron chi connectivity index (χ1n) is 6.53. The highest BCUT2D eigenvalue weighted by Crippen LogP contribution is 2.31. The van der Waals surface area contributed by atoms with Gasteiger partial charge in [0.2, 0.25) is 0 Å². The minimum Gasteiger partial charge on any atom is -0.459 e. The number of halogens is 1. The van der Waals surface area contributed by atoms with Gasteiger partial charge in [0.1, 0.15) is 5.76 Å². The molecule has 0 aliphatic rings. The van der Waals surface area contributed by atoms with Crippen LogP contribution in [0.4, 0.5) is 0 Å². The van der Waals surface area contributed by atoms with Crippen molar-refractivity contribution in [3.8, 4) is 0 Å². The zero-order valence-electron chi connectivity index (χ0n) is 11.2. The van der Waals surface area contributed by atoms with Gasteiger partial charge in [0.05, 0.1) is 5.02 Å². The van der Waals surface area contributed by atoms with E-state index in [1.807, 2.05) is 18.2 Å². The van der Waals surface area contributed by atoms with Crippen LogP contribution in [-0.4, -0.2) is 12.6 Å². The molecule has 1 aromatic carbocycles. The Morgan fingerprint density at radius 1 is 1.33 bits per heavy atom. The third kappa shape index (κ3) is 2.88. The van der Waals surface area contributed by atoms with Gasteiger partial charge in [0.25, 0.3) is 0 Å². The van der Waals surface area contributed by atoms with Gasteiger partial charge in [0, 0.05) is 17.3 Å². The standard InChI is InChI=1S/C15H20ClNO/c1-4-17-11(3)8-10(2)14-9-12-6-5-7-13(16)15(12)18-14/h5-7,9-11,17H,4,8H2,1-3H3. The summed E-state index contributed by atoms with van der Waals surface area (Å²) in [4.78, 5) is 0. The lowest BCUT2D eigenvalue weighted by Gasteiger charge is -2.16. The van der Waals surface area contributed by atoms with Crippen molar-refractivity contribution in [2.45, 2.75) is 39.2 Å². The zero-order valence-corrected chi connectivity index (χ0v) is 11.9. The van der Waals surface area contributed by atoms with E-state index in [4.69, 9.17) is 16.0 Å². The molecule has 0 radical (unpaired) electrons. The van der Waals surface area contributed by atoms with E-state index in [1.165, 1.54) is 0 Å². The van der Waals surface area contributed by atoms with E-state index in [-0.39, 0.29) is 0 Å². The van der Waals surface area contributed by atoms with E-state index in [9.17, 15) is 0 Å². The van der Waals surface area contributed by atoms with Crippen LogP contribution in [0.5, 0.6) is 0 Å². The molecule has 2 rings (SSSR count). The number of para-hydroxylation sites is 1. The van der Waals surface area contributed by atoms with Crippen LogP contribution in [0.15, 0.2) is 28.7 Å². The van der Waals surface area contributed by atoms with Gasteiger partial charge in [-0.3, -0.25) is 0 Å². The molecule has 0 amide bonds. The van der Waals surface area contributed by atoms with Crippen LogP contribution >= 0.6 is 11.6 Å². The number of furan rings is 1. The second kappa shape index (κ2) is 5.77. The maximum atomic E-state index is 6.12. The summed E-state index contributed by atoms with van der Waals surface area (Å²) in [5.41, 5.74) is 0.803. The number of hydrogen-bond acceptors (Lipinski definition) is 2. The maximum absolute atomic E-state index is 6.12. The molecule has 0 saturated heterocycles. The summed E-state index contributed by atoms with van der Waals surface area (Å²) in [6, 6.07) is 8.45. The zero-order chi connectivity index (χ0) is 13.1. The lowest BCUT2D eigenvalue weighted by Crippen LogP contribution is -2.26. The summed E-state index contributed by atoms with van der Waals surface area (Å²) in [6.07, 6.45) is 1.06. The van der Waals surface area contributed by atoms with Crippen molar-refractivity contribution >= 4 is 22.6 Å². The van der Waals surface area contributed by atoms with Gasteiger partial charge in [-0.25, -0.2) is 0 Å². The molecule has 0 aliphatic heterocycles. The Kier molecular flexibility index (Phi) is 4.31. The fraction of sp³-hybridized carbons (Fsp3) is 0.467. The van der Waals surface area contributed by atoms with E-state index in [0.717, 1.165) is 29.7 Å². The molecule has 0 bridgehead atoms. The van der Waals surface area contributed by atoms with E-state index in [0.29, 0.717) is 17.0 Å². The summed E-state index contributed by atoms with van der Waals surface area (Å²) in [7, 11) is 0. The largest absolute Gasteiger partial charge is 0.459 e. The number of rotatable bonds is 5. The van der Waals surface area contributed by atoms with Crippen molar-refractivity contribution in [1.82, 2.24) is 5.32 Å². The Morgan fingerprint density at radius 3 is 2.78 bits per heavy atom. The molecule has 0 saturated carbocycles. The van der Waals surface area contributed by atoms with Crippen molar-refractivity contribution in [1.29, 1.82) is 0 Å². The van der Waals surface area contributed by atoms with Crippen LogP contribution in [0, 0.1) is 0 Å². The molecule has 2 atom stereocenters. The van der Waals surface area contributed by atoms with Crippen molar-refractivity contribution in [2.75, 3.05) is 6.54 Å². The molecule has 1 heterocycles. The van der Waals surface area contributed by atoms with Gasteiger partial charge in [-0.05, 0) is 32.0 Å². The number of fused-ring (bicyclic) bond motifs is 1. The van der Waals surface area contributed by atoms with E-state index in [2.05, 4.69) is 32.2 Å². The van der Waals surface area contributed by atoms with Gasteiger partial charge < -0.3 is 9.73 Å². The molecule has 2 unspecified atom stereocenters. The number of benzene rings is 1. The topological polar surface area (TPSA) is 25.2 Å². The lowest BCUT2D eigenvalue weighted by atomic mass is 10.00. The van der Waals surface area contributed by atoms with Crippen LogP contribution < -0.4 is 5.32 Å². The summed E-state index contributed by atoms with van der Waals surface area (Å²) in [6.45, 7) is 7.52. The molecule has 18 heavy (non-hydrogen) atoms. The third-order valence-corrected chi connectivity index (χ3v) is 3.56. The van der Waals surface area contributed by atoms with Crippen LogP contribution in [0.3, 0.4) is 0 Å². The highest BCUT2D eigenvalue weighted by Gasteiger charge is 2.15. The van der Waals surface area contributed by atoms with Crippen molar-refractivity contribution < 1.29 is 4.42 Å². The monoisotopic (exact) mass is 265 g/mol. The number of nitrogens with one attached hydrogen (secondary N) is 1. The van der Waals surface area contributed by atoms with Crippen LogP contribution in [-0.2, 0) is 0 Å². The van der Waals surface area contributed by atoms with Crippen molar-refractivity contribution in [3.63, 3.8) is 0 Å². The quantitative estimate of drug-likeness (QED) is 0.856. The Hall–Kier alpha value is -0.990. The van der Waals surface area contributed by atoms with Gasteiger partial charge in [-0.2, -0.15) is 0 Å². The third-order valence-electron chi connectivity index (χ3n) is 3.26. The molecule has 98 valence electrons. The molecule has 1 N–H and O–H groups in total. The first-order valence-corrected chi connectivity index (χ1v) is 6.91. The predicted octanol–water partition coefficient (Wildman–Crippen LogP) is 4.58. The van der Waals surface area contributed by atoms with Gasteiger partial charge in [-0.1, -0.05) is 37.6 Å².